The van der Waals surface area contributed by atoms with E-state index in [1.807, 2.05) is 0 Å². The van der Waals surface area contributed by atoms with E-state index >= 15 is 0 Å². The normalized spacial score (nSPS) is 11.3. The first-order valence-corrected chi connectivity index (χ1v) is 8.29. The summed E-state index contributed by atoms with van der Waals surface area (Å²) in [5, 5.41) is 2.66. The van der Waals surface area contributed by atoms with Crippen LogP contribution in [0.3, 0.4) is 0 Å². The molecule has 23 heavy (non-hydrogen) atoms. The van der Waals surface area contributed by atoms with Gasteiger partial charge in [0.05, 0.1) is 5.69 Å². The van der Waals surface area contributed by atoms with Crippen LogP contribution < -0.4 is 11.3 Å². The van der Waals surface area contributed by atoms with E-state index < -0.39 is 0 Å². The monoisotopic (exact) mass is 329 g/mol. The van der Waals surface area contributed by atoms with E-state index in [4.69, 9.17) is 5.73 Å². The fraction of sp³-hybridized carbons (Fsp3) is 0.312. The molecule has 2 aromatic heterocycles. The molecule has 6 nitrogen and oxygen atoms in total. The van der Waals surface area contributed by atoms with Gasteiger partial charge in [-0.2, -0.15) is 9.50 Å². The van der Waals surface area contributed by atoms with Crippen LogP contribution in [0.2, 0.25) is 0 Å². The Labute approximate surface area is 138 Å². The van der Waals surface area contributed by atoms with Crippen molar-refractivity contribution < 1.29 is 0 Å². The van der Waals surface area contributed by atoms with Gasteiger partial charge in [0.15, 0.2) is 0 Å². The number of fused-ring (bicyclic) bond motifs is 1. The fourth-order valence-electron chi connectivity index (χ4n) is 2.56. The molecule has 0 aliphatic carbocycles. The van der Waals surface area contributed by atoms with Gasteiger partial charge in [0.25, 0.3) is 11.3 Å². The van der Waals surface area contributed by atoms with Crippen molar-refractivity contribution in [3.63, 3.8) is 0 Å². The summed E-state index contributed by atoms with van der Waals surface area (Å²) < 4.78 is 1.25. The van der Waals surface area contributed by atoms with E-state index in [1.165, 1.54) is 37.7 Å². The van der Waals surface area contributed by atoms with Crippen LogP contribution in [0, 0.1) is 27.7 Å². The number of nitrogens with one attached hydrogen (secondary N) is 1. The van der Waals surface area contributed by atoms with Crippen molar-refractivity contribution in [3.05, 3.63) is 50.4 Å². The Bertz CT molecular complexity index is 931. The van der Waals surface area contributed by atoms with Gasteiger partial charge in [0.2, 0.25) is 5.95 Å². The summed E-state index contributed by atoms with van der Waals surface area (Å²) in [6.07, 6.45) is 0. The lowest BCUT2D eigenvalue weighted by Gasteiger charge is -2.14. The van der Waals surface area contributed by atoms with Crippen molar-refractivity contribution in [2.75, 3.05) is 5.73 Å². The fourth-order valence-corrected chi connectivity index (χ4v) is 3.76. The van der Waals surface area contributed by atoms with Gasteiger partial charge in [-0.25, -0.2) is 4.98 Å². The molecule has 0 saturated carbocycles. The van der Waals surface area contributed by atoms with Crippen LogP contribution in [0.5, 0.6) is 0 Å². The van der Waals surface area contributed by atoms with Gasteiger partial charge in [0.1, 0.15) is 0 Å². The molecule has 1 aromatic carbocycles. The minimum absolute atomic E-state index is 0.181. The molecule has 0 unspecified atom stereocenters. The summed E-state index contributed by atoms with van der Waals surface area (Å²) in [5.41, 5.74) is 11.2. The quantitative estimate of drug-likeness (QED) is 0.721. The lowest BCUT2D eigenvalue weighted by Crippen LogP contribution is -2.15. The van der Waals surface area contributed by atoms with E-state index in [9.17, 15) is 4.79 Å². The highest BCUT2D eigenvalue weighted by molar-refractivity contribution is 7.98. The Kier molecular flexibility index (Phi) is 3.89. The zero-order valence-electron chi connectivity index (χ0n) is 13.6. The number of aryl methyl sites for hydroxylation is 2. The first-order valence-electron chi connectivity index (χ1n) is 7.31. The summed E-state index contributed by atoms with van der Waals surface area (Å²) in [7, 11) is 0. The maximum atomic E-state index is 12.1. The van der Waals surface area contributed by atoms with Crippen molar-refractivity contribution >= 4 is 23.5 Å². The van der Waals surface area contributed by atoms with Crippen LogP contribution in [0.1, 0.15) is 27.9 Å². The molecule has 3 rings (SSSR count). The average Bonchev–Trinajstić information content (AvgIpc) is 2.86. The summed E-state index contributed by atoms with van der Waals surface area (Å²) in [6.45, 7) is 8.50. The number of rotatable bonds is 3. The number of anilines is 1. The summed E-state index contributed by atoms with van der Waals surface area (Å²) in [5.74, 6) is 1.10. The second kappa shape index (κ2) is 5.73. The van der Waals surface area contributed by atoms with Crippen LogP contribution in [-0.2, 0) is 5.75 Å². The van der Waals surface area contributed by atoms with Gasteiger partial charge >= 0.3 is 0 Å². The Morgan fingerprint density at radius 1 is 1.13 bits per heavy atom. The molecule has 7 heteroatoms. The molecule has 0 aliphatic rings. The van der Waals surface area contributed by atoms with E-state index in [-0.39, 0.29) is 11.5 Å². The summed E-state index contributed by atoms with van der Waals surface area (Å²) >= 11 is 1.70. The van der Waals surface area contributed by atoms with Gasteiger partial charge in [-0.15, -0.1) is 11.8 Å². The molecule has 3 N–H and O–H groups in total. The second-order valence-corrected chi connectivity index (χ2v) is 6.69. The third-order valence-electron chi connectivity index (χ3n) is 4.06. The van der Waals surface area contributed by atoms with Crippen LogP contribution in [0.25, 0.3) is 5.78 Å². The molecule has 0 saturated heterocycles. The first kappa shape index (κ1) is 15.6. The lowest BCUT2D eigenvalue weighted by atomic mass is 10.0. The molecule has 0 aliphatic heterocycles. The van der Waals surface area contributed by atoms with Gasteiger partial charge in [0, 0.05) is 16.7 Å². The molecule has 0 amide bonds. The van der Waals surface area contributed by atoms with Crippen molar-refractivity contribution in [3.8, 4) is 0 Å². The summed E-state index contributed by atoms with van der Waals surface area (Å²) in [4.78, 5) is 21.7. The molecule has 0 spiro atoms. The standard InChI is InChI=1S/C16H19N5OS/c1-8-5-9(2)11(4)14(10(8)3)23-7-12-6-13(22)21-16(18-12)19-15(17)20-21/h5-6H,7H2,1-4H3,(H3,17,18,19,20). The maximum Gasteiger partial charge on any atom is 0.274 e. The number of nitrogens with two attached hydrogens (primary N) is 1. The Morgan fingerprint density at radius 2 is 1.78 bits per heavy atom. The number of benzene rings is 1. The largest absolute Gasteiger partial charge is 0.368 e. The van der Waals surface area contributed by atoms with Crippen LogP contribution in [0.15, 0.2) is 21.8 Å². The smallest absolute Gasteiger partial charge is 0.274 e. The topological polar surface area (TPSA) is 89.1 Å². The number of H-pyrrole nitrogens is 1. The van der Waals surface area contributed by atoms with Crippen LogP contribution >= 0.6 is 11.8 Å². The Hall–Kier alpha value is -2.28. The number of hydrogen-bond acceptors (Lipinski definition) is 5. The number of thioether (sulfide) groups is 1. The van der Waals surface area contributed by atoms with Crippen LogP contribution in [0.4, 0.5) is 5.95 Å². The third kappa shape index (κ3) is 2.84. The Morgan fingerprint density at radius 3 is 2.43 bits per heavy atom. The molecule has 0 radical (unpaired) electrons. The summed E-state index contributed by atoms with van der Waals surface area (Å²) in [6, 6.07) is 3.73. The third-order valence-corrected chi connectivity index (χ3v) is 5.40. The maximum absolute atomic E-state index is 12.1. The first-order chi connectivity index (χ1) is 10.9. The molecular weight excluding hydrogens is 310 g/mol. The average molecular weight is 329 g/mol. The SMILES string of the molecule is Cc1cc(C)c(C)c(SCc2cc(=O)n3[nH]c(N)nc3n2)c1C. The van der Waals surface area contributed by atoms with Gasteiger partial charge in [-0.3, -0.25) is 9.89 Å². The lowest BCUT2D eigenvalue weighted by molar-refractivity contribution is 0.891. The molecule has 0 fully saturated rings. The highest BCUT2D eigenvalue weighted by Crippen LogP contribution is 2.32. The van der Waals surface area contributed by atoms with Crippen molar-refractivity contribution in [1.29, 1.82) is 0 Å². The van der Waals surface area contributed by atoms with Gasteiger partial charge in [-0.05, 0) is 49.9 Å². The van der Waals surface area contributed by atoms with E-state index in [0.717, 1.165) is 0 Å². The minimum Gasteiger partial charge on any atom is -0.368 e. The highest BCUT2D eigenvalue weighted by Gasteiger charge is 2.11. The number of nitrogens with zero attached hydrogens (tertiary/aromatic N) is 3. The zero-order chi connectivity index (χ0) is 16.7. The van der Waals surface area contributed by atoms with Crippen molar-refractivity contribution in [1.82, 2.24) is 19.6 Å². The minimum atomic E-state index is -0.205. The molecule has 3 aromatic rings. The second-order valence-electron chi connectivity index (χ2n) is 5.71. The molecular formula is C16H19N5OS. The Balaban J connectivity index is 1.94. The molecule has 120 valence electrons. The number of nitrogen functional groups attached to an aromatic ring is 1. The molecule has 0 atom stereocenters. The highest BCUT2D eigenvalue weighted by atomic mass is 32.2. The molecule has 2 heterocycles. The van der Waals surface area contributed by atoms with Crippen LogP contribution in [-0.4, -0.2) is 19.6 Å². The predicted molar refractivity (Wildman–Crippen MR) is 93.0 cm³/mol. The van der Waals surface area contributed by atoms with E-state index in [1.54, 1.807) is 11.8 Å². The zero-order valence-corrected chi connectivity index (χ0v) is 14.4. The predicted octanol–water partition coefficient (Wildman–Crippen LogP) is 2.53. The van der Waals surface area contributed by atoms with Crippen molar-refractivity contribution in [2.24, 2.45) is 0 Å². The molecule has 0 bridgehead atoms. The van der Waals surface area contributed by atoms with Gasteiger partial charge < -0.3 is 5.73 Å². The van der Waals surface area contributed by atoms with Gasteiger partial charge in [-0.1, -0.05) is 6.07 Å². The number of aromatic nitrogens is 4. The number of hydrogen-bond donors (Lipinski definition) is 2. The van der Waals surface area contributed by atoms with E-state index in [0.29, 0.717) is 17.2 Å². The number of aromatic amines is 1. The van der Waals surface area contributed by atoms with E-state index in [2.05, 4.69) is 48.8 Å². The van der Waals surface area contributed by atoms with Crippen molar-refractivity contribution in [2.45, 2.75) is 38.3 Å².